The number of benzene rings is 1. The van der Waals surface area contributed by atoms with E-state index < -0.39 is 18.0 Å². The van der Waals surface area contributed by atoms with Crippen molar-refractivity contribution in [2.24, 2.45) is 0 Å². The highest BCUT2D eigenvalue weighted by Gasteiger charge is 2.32. The second-order valence-corrected chi connectivity index (χ2v) is 6.55. The van der Waals surface area contributed by atoms with Gasteiger partial charge >= 0.3 is 6.09 Å². The van der Waals surface area contributed by atoms with E-state index in [0.717, 1.165) is 0 Å². The van der Waals surface area contributed by atoms with Crippen LogP contribution in [0.5, 0.6) is 0 Å². The number of hydrogen-bond acceptors (Lipinski definition) is 6. The van der Waals surface area contributed by atoms with E-state index in [0.29, 0.717) is 17.9 Å². The Morgan fingerprint density at radius 2 is 2.28 bits per heavy atom. The van der Waals surface area contributed by atoms with Gasteiger partial charge in [-0.3, -0.25) is 14.4 Å². The van der Waals surface area contributed by atoms with Crippen molar-refractivity contribution in [1.29, 1.82) is 0 Å². The van der Waals surface area contributed by atoms with Crippen LogP contribution in [0.3, 0.4) is 0 Å². The van der Waals surface area contributed by atoms with Crippen LogP contribution in [0.4, 0.5) is 14.9 Å². The lowest BCUT2D eigenvalue weighted by Crippen LogP contribution is -2.33. The van der Waals surface area contributed by atoms with Crippen molar-refractivity contribution in [3.8, 4) is 5.69 Å². The van der Waals surface area contributed by atoms with Crippen LogP contribution in [0.1, 0.15) is 12.6 Å². The molecule has 3 aromatic rings. The van der Waals surface area contributed by atoms with Crippen molar-refractivity contribution in [1.82, 2.24) is 30.1 Å². The van der Waals surface area contributed by atoms with Crippen molar-refractivity contribution in [3.05, 3.63) is 54.4 Å². The van der Waals surface area contributed by atoms with Gasteiger partial charge in [0.05, 0.1) is 31.5 Å². The number of nitrogens with one attached hydrogen (secondary N) is 1. The quantitative estimate of drug-likeness (QED) is 0.666. The topological polar surface area (TPSA) is 107 Å². The summed E-state index contributed by atoms with van der Waals surface area (Å²) in [6.07, 6.45) is 3.99. The van der Waals surface area contributed by atoms with Crippen LogP contribution in [-0.4, -0.2) is 56.0 Å². The van der Waals surface area contributed by atoms with Crippen LogP contribution in [0, 0.1) is 5.82 Å². The molecule has 1 atom stereocenters. The van der Waals surface area contributed by atoms with Gasteiger partial charge in [-0.1, -0.05) is 5.21 Å². The highest BCUT2D eigenvalue weighted by atomic mass is 19.1. The molecule has 0 bridgehead atoms. The maximum atomic E-state index is 14.7. The molecule has 2 aromatic heterocycles. The molecule has 0 unspecified atom stereocenters. The van der Waals surface area contributed by atoms with Crippen LogP contribution in [-0.2, 0) is 16.1 Å². The molecule has 1 saturated heterocycles. The zero-order chi connectivity index (χ0) is 20.4. The fraction of sp³-hybridized carbons (Fsp3) is 0.278. The van der Waals surface area contributed by atoms with Gasteiger partial charge in [0, 0.05) is 19.3 Å². The van der Waals surface area contributed by atoms with Gasteiger partial charge < -0.3 is 10.1 Å². The molecule has 0 saturated carbocycles. The van der Waals surface area contributed by atoms with Crippen molar-refractivity contribution >= 4 is 17.7 Å². The number of nitrogens with zero attached hydrogens (tertiary/aromatic N) is 6. The minimum atomic E-state index is -0.588. The monoisotopic (exact) mass is 399 g/mol. The average Bonchev–Trinajstić information content (AvgIpc) is 3.42. The first kappa shape index (κ1) is 18.6. The highest BCUT2D eigenvalue weighted by Crippen LogP contribution is 2.25. The fourth-order valence-corrected chi connectivity index (χ4v) is 2.99. The predicted molar refractivity (Wildman–Crippen MR) is 98.9 cm³/mol. The molecule has 11 heteroatoms. The molecule has 150 valence electrons. The summed E-state index contributed by atoms with van der Waals surface area (Å²) in [6.45, 7) is 2.22. The molecule has 2 amide bonds. The molecule has 4 rings (SSSR count). The van der Waals surface area contributed by atoms with E-state index in [2.05, 4.69) is 20.7 Å². The summed E-state index contributed by atoms with van der Waals surface area (Å²) in [5, 5.41) is 14.7. The van der Waals surface area contributed by atoms with E-state index in [-0.39, 0.29) is 24.7 Å². The predicted octanol–water partition coefficient (Wildman–Crippen LogP) is 1.11. The van der Waals surface area contributed by atoms with Crippen LogP contribution in [0.2, 0.25) is 0 Å². The van der Waals surface area contributed by atoms with Crippen molar-refractivity contribution in [3.63, 3.8) is 0 Å². The number of anilines is 1. The van der Waals surface area contributed by atoms with Gasteiger partial charge in [-0.2, -0.15) is 5.10 Å². The summed E-state index contributed by atoms with van der Waals surface area (Å²) in [4.78, 5) is 24.4. The van der Waals surface area contributed by atoms with Crippen LogP contribution in [0.25, 0.3) is 5.69 Å². The zero-order valence-electron chi connectivity index (χ0n) is 15.5. The maximum Gasteiger partial charge on any atom is 0.414 e. The molecule has 1 aliphatic heterocycles. The summed E-state index contributed by atoms with van der Waals surface area (Å²) in [5.74, 6) is -0.772. The molecule has 1 aliphatic rings. The van der Waals surface area contributed by atoms with Gasteiger partial charge in [-0.05, 0) is 24.3 Å². The third-order valence-corrected chi connectivity index (χ3v) is 4.37. The second kappa shape index (κ2) is 7.70. The normalized spacial score (nSPS) is 16.1. The molecular formula is C18H18FN7O3. The first-order valence-corrected chi connectivity index (χ1v) is 8.91. The molecule has 10 nitrogen and oxygen atoms in total. The number of carbonyl (C=O) groups is 2. The Bertz CT molecular complexity index is 1030. The van der Waals surface area contributed by atoms with E-state index in [4.69, 9.17) is 4.74 Å². The number of carbonyl (C=O) groups excluding carboxylic acids is 2. The van der Waals surface area contributed by atoms with Crippen LogP contribution < -0.4 is 10.2 Å². The summed E-state index contributed by atoms with van der Waals surface area (Å²) in [7, 11) is 0. The Balaban J connectivity index is 1.48. The van der Waals surface area contributed by atoms with Gasteiger partial charge in [0.25, 0.3) is 0 Å². The summed E-state index contributed by atoms with van der Waals surface area (Å²) in [6, 6.07) is 6.17. The maximum absolute atomic E-state index is 14.7. The molecule has 1 aromatic carbocycles. The molecule has 0 aliphatic carbocycles. The first-order chi connectivity index (χ1) is 14.0. The smallest absolute Gasteiger partial charge is 0.414 e. The molecule has 0 radical (unpaired) electrons. The van der Waals surface area contributed by atoms with Gasteiger partial charge in [0.15, 0.2) is 5.82 Å². The number of hydrogen-bond donors (Lipinski definition) is 1. The largest absolute Gasteiger partial charge is 0.442 e. The SMILES string of the molecule is CC(=O)NC[C@H]1CN(c2ccc(-n3cc(Cn4cccn4)nn3)c(F)c2)C(=O)O1. The zero-order valence-corrected chi connectivity index (χ0v) is 15.5. The summed E-state index contributed by atoms with van der Waals surface area (Å²) < 4.78 is 22.9. The Hall–Kier alpha value is -3.76. The van der Waals surface area contributed by atoms with E-state index >= 15 is 0 Å². The number of ether oxygens (including phenoxy) is 1. The van der Waals surface area contributed by atoms with Crippen LogP contribution in [0.15, 0.2) is 42.9 Å². The fourth-order valence-electron chi connectivity index (χ4n) is 2.99. The second-order valence-electron chi connectivity index (χ2n) is 6.55. The molecular weight excluding hydrogens is 381 g/mol. The van der Waals surface area contributed by atoms with Gasteiger partial charge in [-0.25, -0.2) is 13.9 Å². The number of cyclic esters (lactones) is 1. The van der Waals surface area contributed by atoms with E-state index in [9.17, 15) is 14.0 Å². The van der Waals surface area contributed by atoms with Gasteiger partial charge in [-0.15, -0.1) is 5.10 Å². The Labute approximate surface area is 164 Å². The molecule has 29 heavy (non-hydrogen) atoms. The van der Waals surface area contributed by atoms with Gasteiger partial charge in [0.1, 0.15) is 17.5 Å². The lowest BCUT2D eigenvalue weighted by atomic mass is 10.2. The third kappa shape index (κ3) is 4.08. The average molecular weight is 399 g/mol. The standard InChI is InChI=1S/C18H18FN7O3/c1-12(27)20-8-15-11-25(18(28)29-15)14-3-4-17(16(19)7-14)26-10-13(22-23-26)9-24-6-2-5-21-24/h2-7,10,15H,8-9,11H2,1H3,(H,20,27)/t15-/m0/s1. The molecule has 3 heterocycles. The summed E-state index contributed by atoms with van der Waals surface area (Å²) in [5.41, 5.74) is 1.19. The number of rotatable bonds is 6. The minimum Gasteiger partial charge on any atom is -0.442 e. The van der Waals surface area contributed by atoms with Gasteiger partial charge in [0.2, 0.25) is 5.91 Å². The van der Waals surface area contributed by atoms with E-state index in [1.54, 1.807) is 35.4 Å². The number of aromatic nitrogens is 5. The van der Waals surface area contributed by atoms with Crippen molar-refractivity contribution in [2.45, 2.75) is 19.6 Å². The highest BCUT2D eigenvalue weighted by molar-refractivity contribution is 5.90. The lowest BCUT2D eigenvalue weighted by Gasteiger charge is -2.14. The van der Waals surface area contributed by atoms with Crippen molar-refractivity contribution in [2.75, 3.05) is 18.0 Å². The Morgan fingerprint density at radius 3 is 3.00 bits per heavy atom. The third-order valence-electron chi connectivity index (χ3n) is 4.37. The first-order valence-electron chi connectivity index (χ1n) is 8.91. The lowest BCUT2D eigenvalue weighted by molar-refractivity contribution is -0.119. The van der Waals surface area contributed by atoms with E-state index in [1.165, 1.54) is 28.6 Å². The molecule has 0 spiro atoms. The Kier molecular flexibility index (Phi) is 4.94. The van der Waals surface area contributed by atoms with Crippen LogP contribution >= 0.6 is 0 Å². The van der Waals surface area contributed by atoms with E-state index in [1.807, 2.05) is 0 Å². The minimum absolute atomic E-state index is 0.204. The number of halogens is 1. The molecule has 1 fully saturated rings. The Morgan fingerprint density at radius 1 is 1.41 bits per heavy atom. The number of amides is 2. The summed E-state index contributed by atoms with van der Waals surface area (Å²) >= 11 is 0. The van der Waals surface area contributed by atoms with Crippen molar-refractivity contribution < 1.29 is 18.7 Å². The molecule has 1 N–H and O–H groups in total.